The fourth-order valence-electron chi connectivity index (χ4n) is 3.15. The zero-order valence-electron chi connectivity index (χ0n) is 18.1. The van der Waals surface area contributed by atoms with Crippen LogP contribution in [0.2, 0.25) is 5.02 Å². The van der Waals surface area contributed by atoms with Gasteiger partial charge in [0.25, 0.3) is 5.91 Å². The van der Waals surface area contributed by atoms with Crippen molar-refractivity contribution in [2.75, 3.05) is 11.9 Å². The third-order valence-corrected chi connectivity index (χ3v) is 5.01. The second kappa shape index (κ2) is 10.9. The van der Waals surface area contributed by atoms with Crippen molar-refractivity contribution in [3.63, 3.8) is 0 Å². The van der Waals surface area contributed by atoms with Gasteiger partial charge in [0.05, 0.1) is 29.3 Å². The van der Waals surface area contributed by atoms with E-state index in [-0.39, 0.29) is 36.1 Å². The van der Waals surface area contributed by atoms with E-state index in [4.69, 9.17) is 21.1 Å². The third-order valence-electron chi connectivity index (χ3n) is 4.70. The summed E-state index contributed by atoms with van der Waals surface area (Å²) in [5.41, 5.74) is 1.59. The Hall–Kier alpha value is -3.45. The van der Waals surface area contributed by atoms with E-state index in [1.165, 1.54) is 24.3 Å². The van der Waals surface area contributed by atoms with E-state index in [0.29, 0.717) is 5.56 Å². The molecule has 0 aliphatic carbocycles. The van der Waals surface area contributed by atoms with Gasteiger partial charge in [0.2, 0.25) is 0 Å². The molecule has 0 unspecified atom stereocenters. The standard InChI is InChI=1S/C25H22ClF2NO4/c1-3-32-22(30)13-16-7-9-20(19(27)12-16)29-25(31)23-18(26)8-10-21(24(23)28)33-14-17-6-4-5-15(2)11-17/h4-12H,3,13-14H2,1-2H3,(H,29,31). The average molecular weight is 474 g/mol. The fraction of sp³-hybridized carbons (Fsp3) is 0.200. The van der Waals surface area contributed by atoms with Gasteiger partial charge in [0, 0.05) is 0 Å². The number of ether oxygens (including phenoxy) is 2. The lowest BCUT2D eigenvalue weighted by atomic mass is 10.1. The maximum Gasteiger partial charge on any atom is 0.310 e. The molecule has 0 fully saturated rings. The first kappa shape index (κ1) is 24.2. The molecule has 33 heavy (non-hydrogen) atoms. The van der Waals surface area contributed by atoms with Crippen LogP contribution in [-0.4, -0.2) is 18.5 Å². The van der Waals surface area contributed by atoms with Crippen molar-refractivity contribution in [1.82, 2.24) is 0 Å². The summed E-state index contributed by atoms with van der Waals surface area (Å²) in [6, 6.07) is 14.0. The first-order valence-electron chi connectivity index (χ1n) is 10.2. The molecule has 3 aromatic carbocycles. The highest BCUT2D eigenvalue weighted by molar-refractivity contribution is 6.34. The molecule has 0 aliphatic rings. The van der Waals surface area contributed by atoms with Gasteiger partial charge in [-0.15, -0.1) is 0 Å². The Morgan fingerprint density at radius 2 is 1.82 bits per heavy atom. The number of nitrogens with one attached hydrogen (secondary N) is 1. The minimum absolute atomic E-state index is 0.0951. The number of halogens is 3. The van der Waals surface area contributed by atoms with E-state index in [1.54, 1.807) is 6.92 Å². The van der Waals surface area contributed by atoms with Gasteiger partial charge in [-0.1, -0.05) is 47.5 Å². The van der Waals surface area contributed by atoms with Crippen molar-refractivity contribution in [3.8, 4) is 5.75 Å². The Kier molecular flexibility index (Phi) is 8.01. The van der Waals surface area contributed by atoms with Crippen LogP contribution in [0, 0.1) is 18.6 Å². The molecule has 0 saturated heterocycles. The number of aryl methyl sites for hydroxylation is 1. The number of amides is 1. The van der Waals surface area contributed by atoms with Gasteiger partial charge < -0.3 is 14.8 Å². The number of carbonyl (C=O) groups is 2. The van der Waals surface area contributed by atoms with E-state index >= 15 is 4.39 Å². The van der Waals surface area contributed by atoms with E-state index in [0.717, 1.165) is 17.2 Å². The van der Waals surface area contributed by atoms with Crippen molar-refractivity contribution >= 4 is 29.2 Å². The lowest BCUT2D eigenvalue weighted by Gasteiger charge is -2.13. The van der Waals surface area contributed by atoms with Crippen molar-refractivity contribution in [2.45, 2.75) is 26.9 Å². The second-order valence-corrected chi connectivity index (χ2v) is 7.67. The SMILES string of the molecule is CCOC(=O)Cc1ccc(NC(=O)c2c(Cl)ccc(OCc3cccc(C)c3)c2F)c(F)c1. The zero-order valence-corrected chi connectivity index (χ0v) is 18.8. The lowest BCUT2D eigenvalue weighted by Crippen LogP contribution is -2.16. The molecule has 0 atom stereocenters. The molecule has 0 radical (unpaired) electrons. The number of hydrogen-bond donors (Lipinski definition) is 1. The van der Waals surface area contributed by atoms with Crippen LogP contribution in [-0.2, 0) is 22.6 Å². The van der Waals surface area contributed by atoms with Gasteiger partial charge in [-0.05, 0) is 49.2 Å². The van der Waals surface area contributed by atoms with E-state index in [1.807, 2.05) is 31.2 Å². The van der Waals surface area contributed by atoms with Gasteiger partial charge in [-0.3, -0.25) is 9.59 Å². The number of hydrogen-bond acceptors (Lipinski definition) is 4. The summed E-state index contributed by atoms with van der Waals surface area (Å²) in [5.74, 6) is -3.32. The highest BCUT2D eigenvalue weighted by Gasteiger charge is 2.22. The van der Waals surface area contributed by atoms with Crippen LogP contribution in [0.4, 0.5) is 14.5 Å². The molecule has 0 aliphatic heterocycles. The molecule has 1 N–H and O–H groups in total. The largest absolute Gasteiger partial charge is 0.486 e. The molecule has 172 valence electrons. The summed E-state index contributed by atoms with van der Waals surface area (Å²) < 4.78 is 39.9. The lowest BCUT2D eigenvalue weighted by molar-refractivity contribution is -0.142. The summed E-state index contributed by atoms with van der Waals surface area (Å²) in [5, 5.41) is 2.17. The van der Waals surface area contributed by atoms with Gasteiger partial charge in [-0.25, -0.2) is 8.78 Å². The third kappa shape index (κ3) is 6.29. The fourth-order valence-corrected chi connectivity index (χ4v) is 3.38. The van der Waals surface area contributed by atoms with Crippen molar-refractivity contribution in [1.29, 1.82) is 0 Å². The van der Waals surface area contributed by atoms with Gasteiger partial charge in [0.15, 0.2) is 11.6 Å². The van der Waals surface area contributed by atoms with Crippen LogP contribution in [0.1, 0.15) is 34.0 Å². The van der Waals surface area contributed by atoms with Gasteiger partial charge in [-0.2, -0.15) is 0 Å². The summed E-state index contributed by atoms with van der Waals surface area (Å²) in [6.07, 6.45) is -0.111. The number of rotatable bonds is 8. The Labute approximate surface area is 195 Å². The molecule has 3 aromatic rings. The summed E-state index contributed by atoms with van der Waals surface area (Å²) >= 11 is 6.05. The van der Waals surface area contributed by atoms with Crippen LogP contribution in [0.15, 0.2) is 54.6 Å². The minimum atomic E-state index is -0.952. The molecule has 5 nitrogen and oxygen atoms in total. The van der Waals surface area contributed by atoms with Crippen molar-refractivity contribution in [2.24, 2.45) is 0 Å². The molecule has 0 aromatic heterocycles. The van der Waals surface area contributed by atoms with Crippen molar-refractivity contribution in [3.05, 3.63) is 93.5 Å². The van der Waals surface area contributed by atoms with Crippen molar-refractivity contribution < 1.29 is 27.8 Å². The Bertz CT molecular complexity index is 1180. The van der Waals surface area contributed by atoms with Crippen LogP contribution < -0.4 is 10.1 Å². The van der Waals surface area contributed by atoms with Gasteiger partial charge in [0.1, 0.15) is 12.4 Å². The van der Waals surface area contributed by atoms with Crippen LogP contribution >= 0.6 is 11.6 Å². The monoisotopic (exact) mass is 473 g/mol. The summed E-state index contributed by atoms with van der Waals surface area (Å²) in [4.78, 5) is 24.3. The predicted octanol–water partition coefficient (Wildman–Crippen LogP) is 5.86. The number of esters is 1. The molecule has 0 saturated carbocycles. The summed E-state index contributed by atoms with van der Waals surface area (Å²) in [7, 11) is 0. The Balaban J connectivity index is 1.75. The molecule has 0 spiro atoms. The van der Waals surface area contributed by atoms with Crippen LogP contribution in [0.5, 0.6) is 5.75 Å². The first-order valence-corrected chi connectivity index (χ1v) is 10.6. The number of carbonyl (C=O) groups excluding carboxylic acids is 2. The molecule has 8 heteroatoms. The maximum atomic E-state index is 15.0. The quantitative estimate of drug-likeness (QED) is 0.416. The normalized spacial score (nSPS) is 10.6. The van der Waals surface area contributed by atoms with Crippen LogP contribution in [0.3, 0.4) is 0 Å². The van der Waals surface area contributed by atoms with Crippen LogP contribution in [0.25, 0.3) is 0 Å². The highest BCUT2D eigenvalue weighted by Crippen LogP contribution is 2.29. The van der Waals surface area contributed by atoms with Gasteiger partial charge >= 0.3 is 5.97 Å². The highest BCUT2D eigenvalue weighted by atomic mass is 35.5. The number of benzene rings is 3. The molecule has 3 rings (SSSR count). The topological polar surface area (TPSA) is 64.6 Å². The molecular weight excluding hydrogens is 452 g/mol. The van der Waals surface area contributed by atoms with E-state index < -0.39 is 29.1 Å². The maximum absolute atomic E-state index is 15.0. The predicted molar refractivity (Wildman–Crippen MR) is 122 cm³/mol. The molecule has 1 amide bonds. The molecule has 0 heterocycles. The molecular formula is C25H22ClF2NO4. The van der Waals surface area contributed by atoms with E-state index in [2.05, 4.69) is 5.32 Å². The smallest absolute Gasteiger partial charge is 0.310 e. The Morgan fingerprint density at radius 3 is 2.52 bits per heavy atom. The minimum Gasteiger partial charge on any atom is -0.486 e. The number of anilines is 1. The molecule has 0 bridgehead atoms. The second-order valence-electron chi connectivity index (χ2n) is 7.26. The average Bonchev–Trinajstić information content (AvgIpc) is 2.75. The summed E-state index contributed by atoms with van der Waals surface area (Å²) in [6.45, 7) is 3.91. The first-order chi connectivity index (χ1) is 15.8. The zero-order chi connectivity index (χ0) is 24.0. The van der Waals surface area contributed by atoms with E-state index in [9.17, 15) is 14.0 Å². The Morgan fingerprint density at radius 1 is 1.03 bits per heavy atom.